The van der Waals surface area contributed by atoms with Gasteiger partial charge in [-0.1, -0.05) is 0 Å². The molecule has 8 heteroatoms. The first-order valence-corrected chi connectivity index (χ1v) is 6.11. The average molecular weight is 283 g/mol. The zero-order valence-electron chi connectivity index (χ0n) is 10.6. The molecule has 7 nitrogen and oxygen atoms in total. The fourth-order valence-electron chi connectivity index (χ4n) is 2.08. The van der Waals surface area contributed by atoms with Crippen molar-refractivity contribution < 1.29 is 18.8 Å². The largest absolute Gasteiger partial charge is 0.392 e. The lowest BCUT2D eigenvalue weighted by Gasteiger charge is -2.23. The zero-order valence-corrected chi connectivity index (χ0v) is 10.6. The van der Waals surface area contributed by atoms with E-state index in [4.69, 9.17) is 10.5 Å². The number of carbonyl (C=O) groups excluding carboxylic acids is 1. The van der Waals surface area contributed by atoms with Crippen LogP contribution in [-0.4, -0.2) is 30.1 Å². The lowest BCUT2D eigenvalue weighted by molar-refractivity contribution is -0.384. The number of nitrogens with two attached hydrogens (primary N) is 1. The summed E-state index contributed by atoms with van der Waals surface area (Å²) in [7, 11) is 0. The summed E-state index contributed by atoms with van der Waals surface area (Å²) in [6.07, 6.45) is 1.50. The molecule has 0 spiro atoms. The number of halogens is 1. The highest BCUT2D eigenvalue weighted by Gasteiger charge is 2.25. The van der Waals surface area contributed by atoms with Gasteiger partial charge in [0.1, 0.15) is 17.1 Å². The molecule has 1 unspecified atom stereocenters. The summed E-state index contributed by atoms with van der Waals surface area (Å²) in [5, 5.41) is 13.3. The van der Waals surface area contributed by atoms with E-state index in [1.165, 1.54) is 0 Å². The molecule has 0 saturated carbocycles. The van der Waals surface area contributed by atoms with E-state index in [1.807, 2.05) is 0 Å². The van der Waals surface area contributed by atoms with Crippen LogP contribution in [0.15, 0.2) is 12.1 Å². The Labute approximate surface area is 114 Å². The van der Waals surface area contributed by atoms with Gasteiger partial charge in [-0.15, -0.1) is 0 Å². The first kappa shape index (κ1) is 14.2. The van der Waals surface area contributed by atoms with Crippen molar-refractivity contribution in [1.82, 2.24) is 5.32 Å². The third-order valence-electron chi connectivity index (χ3n) is 3.09. The number of nitrogens with zero attached hydrogens (tertiary/aromatic N) is 1. The van der Waals surface area contributed by atoms with E-state index in [0.29, 0.717) is 19.6 Å². The van der Waals surface area contributed by atoms with Crippen LogP contribution in [0.4, 0.5) is 15.8 Å². The summed E-state index contributed by atoms with van der Waals surface area (Å²) >= 11 is 0. The van der Waals surface area contributed by atoms with Crippen molar-refractivity contribution >= 4 is 17.3 Å². The molecule has 1 fully saturated rings. The number of amides is 1. The summed E-state index contributed by atoms with van der Waals surface area (Å²) in [5.41, 5.74) is 4.06. The van der Waals surface area contributed by atoms with Crippen LogP contribution in [0.5, 0.6) is 0 Å². The Morgan fingerprint density at radius 1 is 1.55 bits per heavy atom. The van der Waals surface area contributed by atoms with Crippen molar-refractivity contribution in [2.75, 3.05) is 18.9 Å². The van der Waals surface area contributed by atoms with Gasteiger partial charge in [-0.25, -0.2) is 4.39 Å². The third-order valence-corrected chi connectivity index (χ3v) is 3.09. The number of hydrogen-bond donors (Lipinski definition) is 2. The van der Waals surface area contributed by atoms with E-state index in [9.17, 15) is 19.3 Å². The molecular weight excluding hydrogens is 269 g/mol. The topological polar surface area (TPSA) is 107 Å². The van der Waals surface area contributed by atoms with Crippen molar-refractivity contribution in [3.8, 4) is 0 Å². The van der Waals surface area contributed by atoms with E-state index in [0.717, 1.165) is 18.6 Å². The predicted octanol–water partition coefficient (Wildman–Crippen LogP) is 1.22. The fraction of sp³-hybridized carbons (Fsp3) is 0.417. The lowest BCUT2D eigenvalue weighted by atomic mass is 10.1. The molecule has 1 aromatic carbocycles. The molecular formula is C12H14FN3O4. The van der Waals surface area contributed by atoms with Crippen LogP contribution in [0, 0.1) is 15.9 Å². The lowest BCUT2D eigenvalue weighted by Crippen LogP contribution is -2.41. The average Bonchev–Trinajstić information content (AvgIpc) is 2.39. The normalized spacial score (nSPS) is 18.6. The van der Waals surface area contributed by atoms with Crippen LogP contribution in [-0.2, 0) is 4.74 Å². The van der Waals surface area contributed by atoms with Crippen LogP contribution in [0.1, 0.15) is 23.2 Å². The maximum atomic E-state index is 13.7. The molecule has 2 rings (SSSR count). The van der Waals surface area contributed by atoms with Crippen LogP contribution < -0.4 is 11.1 Å². The van der Waals surface area contributed by atoms with Crippen molar-refractivity contribution in [2.45, 2.75) is 18.9 Å². The molecule has 20 heavy (non-hydrogen) atoms. The number of carbonyl (C=O) groups is 1. The van der Waals surface area contributed by atoms with E-state index in [-0.39, 0.29) is 6.04 Å². The van der Waals surface area contributed by atoms with Gasteiger partial charge in [0.25, 0.3) is 11.6 Å². The Kier molecular flexibility index (Phi) is 4.14. The number of nitro groups is 1. The number of benzene rings is 1. The molecule has 1 saturated heterocycles. The molecule has 0 radical (unpaired) electrons. The smallest absolute Gasteiger partial charge is 0.293 e. The zero-order chi connectivity index (χ0) is 14.7. The molecule has 0 aromatic heterocycles. The minimum Gasteiger partial charge on any atom is -0.392 e. The van der Waals surface area contributed by atoms with Gasteiger partial charge < -0.3 is 15.8 Å². The van der Waals surface area contributed by atoms with Crippen LogP contribution in [0.2, 0.25) is 0 Å². The van der Waals surface area contributed by atoms with Crippen LogP contribution in [0.3, 0.4) is 0 Å². The maximum absolute atomic E-state index is 13.7. The van der Waals surface area contributed by atoms with E-state index >= 15 is 0 Å². The van der Waals surface area contributed by atoms with Gasteiger partial charge in [0.15, 0.2) is 0 Å². The molecule has 1 amide bonds. The maximum Gasteiger partial charge on any atom is 0.293 e. The van der Waals surface area contributed by atoms with E-state index < -0.39 is 33.6 Å². The van der Waals surface area contributed by atoms with E-state index in [2.05, 4.69) is 5.32 Å². The Bertz CT molecular complexity index is 544. The number of anilines is 1. The van der Waals surface area contributed by atoms with Gasteiger partial charge >= 0.3 is 0 Å². The first-order valence-electron chi connectivity index (χ1n) is 6.11. The van der Waals surface area contributed by atoms with Crippen LogP contribution >= 0.6 is 0 Å². The van der Waals surface area contributed by atoms with Crippen molar-refractivity contribution in [3.63, 3.8) is 0 Å². The summed E-state index contributed by atoms with van der Waals surface area (Å²) in [4.78, 5) is 22.0. The summed E-state index contributed by atoms with van der Waals surface area (Å²) in [6.45, 7) is 0.960. The second-order valence-electron chi connectivity index (χ2n) is 4.50. The number of nitrogens with one attached hydrogen (secondary N) is 1. The molecule has 1 aliphatic rings. The Morgan fingerprint density at radius 3 is 2.90 bits per heavy atom. The molecule has 1 aliphatic heterocycles. The molecule has 1 heterocycles. The molecule has 1 atom stereocenters. The number of ether oxygens (including phenoxy) is 1. The predicted molar refractivity (Wildman–Crippen MR) is 68.8 cm³/mol. The quantitative estimate of drug-likeness (QED) is 0.492. The van der Waals surface area contributed by atoms with Gasteiger partial charge in [-0.2, -0.15) is 0 Å². The number of hydrogen-bond acceptors (Lipinski definition) is 5. The Morgan fingerprint density at radius 2 is 2.30 bits per heavy atom. The number of nitro benzene ring substituents is 1. The highest BCUT2D eigenvalue weighted by Crippen LogP contribution is 2.27. The van der Waals surface area contributed by atoms with Gasteiger partial charge in [0.2, 0.25) is 0 Å². The third kappa shape index (κ3) is 2.85. The summed E-state index contributed by atoms with van der Waals surface area (Å²) in [6, 6.07) is 1.56. The first-order chi connectivity index (χ1) is 9.50. The second-order valence-corrected chi connectivity index (χ2v) is 4.50. The highest BCUT2D eigenvalue weighted by atomic mass is 19.1. The molecule has 0 bridgehead atoms. The SMILES string of the molecule is Nc1c([N+](=O)[O-])ccc(F)c1C(=O)NC1CCCOC1. The molecule has 1 aromatic rings. The highest BCUT2D eigenvalue weighted by molar-refractivity contribution is 6.01. The van der Waals surface area contributed by atoms with Gasteiger partial charge in [0.05, 0.1) is 17.6 Å². The molecule has 3 N–H and O–H groups in total. The van der Waals surface area contributed by atoms with Gasteiger partial charge in [-0.05, 0) is 18.9 Å². The van der Waals surface area contributed by atoms with E-state index in [1.54, 1.807) is 0 Å². The molecule has 0 aliphatic carbocycles. The van der Waals surface area contributed by atoms with Gasteiger partial charge in [0, 0.05) is 12.7 Å². The fourth-order valence-corrected chi connectivity index (χ4v) is 2.08. The minimum absolute atomic E-state index is 0.241. The van der Waals surface area contributed by atoms with Gasteiger partial charge in [-0.3, -0.25) is 14.9 Å². The van der Waals surface area contributed by atoms with Crippen LogP contribution in [0.25, 0.3) is 0 Å². The Hall–Kier alpha value is -2.22. The second kappa shape index (κ2) is 5.83. The minimum atomic E-state index is -0.887. The van der Waals surface area contributed by atoms with Crippen molar-refractivity contribution in [2.24, 2.45) is 0 Å². The van der Waals surface area contributed by atoms with Crippen molar-refractivity contribution in [1.29, 1.82) is 0 Å². The monoisotopic (exact) mass is 283 g/mol. The Balaban J connectivity index is 2.24. The standard InChI is InChI=1S/C12H14FN3O4/c13-8-3-4-9(16(18)19)11(14)10(8)12(17)15-7-2-1-5-20-6-7/h3-4,7H,1-2,5-6,14H2,(H,15,17). The van der Waals surface area contributed by atoms with Crippen molar-refractivity contribution in [3.05, 3.63) is 33.6 Å². The number of nitrogen functional groups attached to an aromatic ring is 1. The summed E-state index contributed by atoms with van der Waals surface area (Å²) in [5.74, 6) is -1.65. The summed E-state index contributed by atoms with van der Waals surface area (Å²) < 4.78 is 18.9. The number of rotatable bonds is 3. The molecule has 108 valence electrons.